The largest absolute Gasteiger partial charge is 0.462 e. The number of rotatable bonds is 59. The van der Waals surface area contributed by atoms with Crippen molar-refractivity contribution in [3.8, 4) is 0 Å². The van der Waals surface area contributed by atoms with Gasteiger partial charge in [-0.3, -0.25) is 14.4 Å². The van der Waals surface area contributed by atoms with Crippen LogP contribution >= 0.6 is 0 Å². The summed E-state index contributed by atoms with van der Waals surface area (Å²) in [4.78, 5) is 38.3. The third kappa shape index (κ3) is 61.6. The molecule has 0 radical (unpaired) electrons. The van der Waals surface area contributed by atoms with Crippen LogP contribution in [0.4, 0.5) is 0 Å². The van der Waals surface area contributed by atoms with Crippen molar-refractivity contribution < 1.29 is 28.6 Å². The summed E-state index contributed by atoms with van der Waals surface area (Å²) in [6.45, 7) is 6.61. The molecule has 0 aliphatic heterocycles. The van der Waals surface area contributed by atoms with Crippen LogP contribution in [0.5, 0.6) is 0 Å². The summed E-state index contributed by atoms with van der Waals surface area (Å²) >= 11 is 0. The Bertz CT molecular complexity index is 1390. The summed E-state index contributed by atoms with van der Waals surface area (Å²) in [5.41, 5.74) is 0. The molecular weight excluding hydrogens is 925 g/mol. The van der Waals surface area contributed by atoms with Gasteiger partial charge in [0.15, 0.2) is 6.10 Å². The molecule has 0 aromatic heterocycles. The van der Waals surface area contributed by atoms with Gasteiger partial charge in [0.25, 0.3) is 0 Å². The summed E-state index contributed by atoms with van der Waals surface area (Å²) in [6, 6.07) is 0. The minimum absolute atomic E-state index is 0.0804. The molecule has 0 aromatic carbocycles. The highest BCUT2D eigenvalue weighted by Gasteiger charge is 2.19. The maximum absolute atomic E-state index is 12.9. The Labute approximate surface area is 465 Å². The highest BCUT2D eigenvalue weighted by molar-refractivity contribution is 5.71. The van der Waals surface area contributed by atoms with Crippen molar-refractivity contribution in [3.63, 3.8) is 0 Å². The molecule has 434 valence electrons. The van der Waals surface area contributed by atoms with Crippen LogP contribution in [-0.4, -0.2) is 37.2 Å². The Morgan fingerprint density at radius 1 is 0.267 bits per heavy atom. The van der Waals surface area contributed by atoms with Gasteiger partial charge < -0.3 is 14.2 Å². The van der Waals surface area contributed by atoms with Crippen molar-refractivity contribution in [2.75, 3.05) is 13.2 Å². The van der Waals surface area contributed by atoms with E-state index in [1.807, 2.05) is 0 Å². The predicted octanol–water partition coefficient (Wildman–Crippen LogP) is 22.1. The van der Waals surface area contributed by atoms with Gasteiger partial charge in [-0.2, -0.15) is 0 Å². The molecule has 0 bridgehead atoms. The minimum atomic E-state index is -0.784. The quantitative estimate of drug-likeness (QED) is 0.0261. The van der Waals surface area contributed by atoms with Crippen LogP contribution in [-0.2, 0) is 28.6 Å². The van der Waals surface area contributed by atoms with Crippen LogP contribution < -0.4 is 0 Å². The van der Waals surface area contributed by atoms with Crippen molar-refractivity contribution in [2.24, 2.45) is 0 Å². The molecule has 0 saturated heterocycles. The van der Waals surface area contributed by atoms with E-state index in [0.717, 1.165) is 83.5 Å². The Balaban J connectivity index is 4.32. The van der Waals surface area contributed by atoms with Crippen LogP contribution in [0.25, 0.3) is 0 Å². The predicted molar refractivity (Wildman–Crippen MR) is 325 cm³/mol. The Morgan fingerprint density at radius 2 is 0.480 bits per heavy atom. The number of hydrogen-bond donors (Lipinski definition) is 0. The second-order valence-electron chi connectivity index (χ2n) is 21.7. The van der Waals surface area contributed by atoms with Crippen molar-refractivity contribution in [3.05, 3.63) is 72.9 Å². The van der Waals surface area contributed by atoms with E-state index >= 15 is 0 Å². The van der Waals surface area contributed by atoms with Crippen LogP contribution in [0.15, 0.2) is 72.9 Å². The molecule has 0 heterocycles. The zero-order chi connectivity index (χ0) is 54.3. The van der Waals surface area contributed by atoms with E-state index in [2.05, 4.69) is 93.7 Å². The van der Waals surface area contributed by atoms with Crippen molar-refractivity contribution in [1.29, 1.82) is 0 Å². The fourth-order valence-corrected chi connectivity index (χ4v) is 9.24. The molecule has 0 aromatic rings. The van der Waals surface area contributed by atoms with E-state index in [9.17, 15) is 14.4 Å². The smallest absolute Gasteiger partial charge is 0.306 e. The number of allylic oxidation sites excluding steroid dienone is 12. The van der Waals surface area contributed by atoms with Crippen LogP contribution in [0.3, 0.4) is 0 Å². The highest BCUT2D eigenvalue weighted by atomic mass is 16.6. The van der Waals surface area contributed by atoms with Gasteiger partial charge >= 0.3 is 17.9 Å². The fourth-order valence-electron chi connectivity index (χ4n) is 9.24. The first kappa shape index (κ1) is 71.8. The summed E-state index contributed by atoms with van der Waals surface area (Å²) in [5, 5.41) is 0. The lowest BCUT2D eigenvalue weighted by Gasteiger charge is -2.18. The van der Waals surface area contributed by atoms with E-state index in [1.165, 1.54) is 205 Å². The second kappa shape index (κ2) is 63.4. The number of hydrogen-bond acceptors (Lipinski definition) is 6. The zero-order valence-electron chi connectivity index (χ0n) is 49.8. The summed E-state index contributed by atoms with van der Waals surface area (Å²) < 4.78 is 16.9. The summed E-state index contributed by atoms with van der Waals surface area (Å²) in [6.07, 6.45) is 81.9. The molecule has 0 rings (SSSR count). The molecule has 0 spiro atoms. The molecular formula is C69H122O6. The third-order valence-corrected chi connectivity index (χ3v) is 14.2. The lowest BCUT2D eigenvalue weighted by molar-refractivity contribution is -0.167. The lowest BCUT2D eigenvalue weighted by Crippen LogP contribution is -2.30. The topological polar surface area (TPSA) is 78.9 Å². The third-order valence-electron chi connectivity index (χ3n) is 14.2. The Morgan fingerprint density at radius 3 is 0.800 bits per heavy atom. The van der Waals surface area contributed by atoms with Gasteiger partial charge in [-0.25, -0.2) is 0 Å². The minimum Gasteiger partial charge on any atom is -0.462 e. The van der Waals surface area contributed by atoms with Gasteiger partial charge in [-0.1, -0.05) is 267 Å². The Hall–Kier alpha value is -3.15. The van der Waals surface area contributed by atoms with E-state index < -0.39 is 6.10 Å². The molecule has 6 nitrogen and oxygen atoms in total. The molecule has 0 aliphatic carbocycles. The molecule has 0 N–H and O–H groups in total. The maximum Gasteiger partial charge on any atom is 0.306 e. The molecule has 0 saturated carbocycles. The molecule has 6 heteroatoms. The van der Waals surface area contributed by atoms with Crippen molar-refractivity contribution in [2.45, 2.75) is 335 Å². The number of carbonyl (C=O) groups is 3. The normalized spacial score (nSPS) is 12.5. The van der Waals surface area contributed by atoms with Crippen LogP contribution in [0.1, 0.15) is 329 Å². The number of carbonyl (C=O) groups excluding carboxylic acids is 3. The average Bonchev–Trinajstić information content (AvgIpc) is 3.41. The van der Waals surface area contributed by atoms with Gasteiger partial charge in [-0.05, 0) is 116 Å². The first-order valence-corrected chi connectivity index (χ1v) is 32.4. The lowest BCUT2D eigenvalue weighted by atomic mass is 10.0. The van der Waals surface area contributed by atoms with Crippen molar-refractivity contribution >= 4 is 17.9 Å². The van der Waals surface area contributed by atoms with E-state index in [0.29, 0.717) is 19.3 Å². The van der Waals surface area contributed by atoms with Gasteiger partial charge in [0.05, 0.1) is 0 Å². The molecule has 75 heavy (non-hydrogen) atoms. The van der Waals surface area contributed by atoms with E-state index in [4.69, 9.17) is 14.2 Å². The van der Waals surface area contributed by atoms with E-state index in [-0.39, 0.29) is 31.1 Å². The zero-order valence-corrected chi connectivity index (χ0v) is 49.8. The van der Waals surface area contributed by atoms with Crippen LogP contribution in [0, 0.1) is 0 Å². The van der Waals surface area contributed by atoms with Crippen molar-refractivity contribution in [1.82, 2.24) is 0 Å². The SMILES string of the molecule is CCCCC/C=C\C/C=C\CCCCCCCCCCCC(=O)OC(COC(=O)CCCCCCC/C=C\CCCCCC)COC(=O)CCCCCCCCCCCC/C=C\C/C=C\C/C=C\CCCCCCC. The fraction of sp³-hybridized carbons (Fsp3) is 0.783. The maximum atomic E-state index is 12.9. The number of esters is 3. The average molecular weight is 1050 g/mol. The van der Waals surface area contributed by atoms with Gasteiger partial charge in [0.2, 0.25) is 0 Å². The standard InChI is InChI=1S/C69H122O6/c1-4-7-10-13-16-19-22-25-27-29-31-32-33-34-35-36-38-39-41-44-47-50-53-56-59-62-68(71)74-65-66(64-73-67(70)61-58-55-52-49-46-43-24-21-18-15-12-9-6-3)75-69(72)63-60-57-54-51-48-45-42-40-37-30-28-26-23-20-17-14-11-8-5-2/h17,20-22,24-26,28-29,31,33-34,66H,4-16,18-19,23,27,30,32,35-65H2,1-3H3/b20-17-,24-21-,25-22-,28-26-,31-29-,34-33-. The summed E-state index contributed by atoms with van der Waals surface area (Å²) in [7, 11) is 0. The van der Waals surface area contributed by atoms with E-state index in [1.54, 1.807) is 0 Å². The second-order valence-corrected chi connectivity index (χ2v) is 21.7. The monoisotopic (exact) mass is 1050 g/mol. The Kier molecular flexibility index (Phi) is 60.7. The van der Waals surface area contributed by atoms with Gasteiger partial charge in [0, 0.05) is 19.3 Å². The van der Waals surface area contributed by atoms with Gasteiger partial charge in [-0.15, -0.1) is 0 Å². The highest BCUT2D eigenvalue weighted by Crippen LogP contribution is 2.16. The molecule has 0 amide bonds. The molecule has 1 unspecified atom stereocenters. The van der Waals surface area contributed by atoms with Gasteiger partial charge in [0.1, 0.15) is 13.2 Å². The molecule has 1 atom stereocenters. The summed E-state index contributed by atoms with van der Waals surface area (Å²) in [5.74, 6) is -0.883. The van der Waals surface area contributed by atoms with Crippen LogP contribution in [0.2, 0.25) is 0 Å². The first-order valence-electron chi connectivity index (χ1n) is 32.4. The first-order chi connectivity index (χ1) is 37.0. The number of unbranched alkanes of at least 4 members (excludes halogenated alkanes) is 36. The molecule has 0 fully saturated rings. The molecule has 0 aliphatic rings. The number of ether oxygens (including phenoxy) is 3.